The van der Waals surface area contributed by atoms with E-state index in [-0.39, 0.29) is 5.91 Å². The minimum atomic E-state index is -0.0757. The highest BCUT2D eigenvalue weighted by Crippen LogP contribution is 2.14. The van der Waals surface area contributed by atoms with E-state index in [4.69, 9.17) is 11.6 Å². The highest BCUT2D eigenvalue weighted by Gasteiger charge is 2.17. The van der Waals surface area contributed by atoms with E-state index >= 15 is 0 Å². The van der Waals surface area contributed by atoms with E-state index in [0.717, 1.165) is 36.7 Å². The van der Waals surface area contributed by atoms with E-state index in [1.807, 2.05) is 28.8 Å². The molecule has 2 N–H and O–H groups in total. The summed E-state index contributed by atoms with van der Waals surface area (Å²) in [4.78, 5) is 16.9. The van der Waals surface area contributed by atoms with Gasteiger partial charge in [-0.1, -0.05) is 11.6 Å². The molecule has 118 valence electrons. The van der Waals surface area contributed by atoms with Gasteiger partial charge in [0.15, 0.2) is 0 Å². The number of hydrogen-bond donors (Lipinski definition) is 2. The van der Waals surface area contributed by atoms with Gasteiger partial charge in [0.2, 0.25) is 0 Å². The molecule has 0 bridgehead atoms. The van der Waals surface area contributed by atoms with Crippen molar-refractivity contribution in [3.05, 3.63) is 58.8 Å². The topological polar surface area (TPSA) is 63.4 Å². The first-order valence-corrected chi connectivity index (χ1v) is 7.89. The van der Waals surface area contributed by atoms with Crippen molar-refractivity contribution in [2.24, 2.45) is 0 Å². The largest absolute Gasteiger partial charge is 0.345 e. The zero-order valence-corrected chi connectivity index (χ0v) is 13.2. The van der Waals surface area contributed by atoms with Crippen molar-refractivity contribution in [2.45, 2.75) is 19.6 Å². The van der Waals surface area contributed by atoms with Crippen LogP contribution in [0.1, 0.15) is 21.9 Å². The predicted octanol–water partition coefficient (Wildman–Crippen LogP) is 1.82. The molecule has 3 aromatic heterocycles. The van der Waals surface area contributed by atoms with E-state index in [0.29, 0.717) is 17.3 Å². The van der Waals surface area contributed by atoms with Crippen LogP contribution in [0.3, 0.4) is 0 Å². The van der Waals surface area contributed by atoms with Gasteiger partial charge in [0.05, 0.1) is 17.3 Å². The molecule has 4 heterocycles. The normalized spacial score (nSPS) is 14.0. The Kier molecular flexibility index (Phi) is 3.55. The molecule has 0 aliphatic carbocycles. The summed E-state index contributed by atoms with van der Waals surface area (Å²) < 4.78 is 3.92. The highest BCUT2D eigenvalue weighted by molar-refractivity contribution is 6.30. The first-order chi connectivity index (χ1) is 11.2. The van der Waals surface area contributed by atoms with Crippen molar-refractivity contribution in [2.75, 3.05) is 6.54 Å². The number of nitrogens with one attached hydrogen (secondary N) is 2. The molecule has 0 fully saturated rings. The van der Waals surface area contributed by atoms with E-state index in [1.165, 1.54) is 0 Å². The zero-order chi connectivity index (χ0) is 15.8. The molecule has 7 heteroatoms. The number of amides is 1. The number of aromatic nitrogens is 3. The lowest BCUT2D eigenvalue weighted by Crippen LogP contribution is -2.32. The number of fused-ring (bicyclic) bond motifs is 2. The molecule has 3 aromatic rings. The summed E-state index contributed by atoms with van der Waals surface area (Å²) in [6.45, 7) is 2.89. The second-order valence-electron chi connectivity index (χ2n) is 5.57. The maximum absolute atomic E-state index is 12.4. The van der Waals surface area contributed by atoms with Crippen LogP contribution in [0.15, 0.2) is 36.7 Å². The van der Waals surface area contributed by atoms with Gasteiger partial charge in [-0.15, -0.1) is 0 Å². The third-order valence-electron chi connectivity index (χ3n) is 4.02. The quantitative estimate of drug-likeness (QED) is 0.770. The summed E-state index contributed by atoms with van der Waals surface area (Å²) in [7, 11) is 0. The van der Waals surface area contributed by atoms with Gasteiger partial charge >= 0.3 is 0 Å². The van der Waals surface area contributed by atoms with Crippen LogP contribution in [0.4, 0.5) is 0 Å². The summed E-state index contributed by atoms with van der Waals surface area (Å²) in [5, 5.41) is 6.88. The summed E-state index contributed by atoms with van der Waals surface area (Å²) in [6.07, 6.45) is 3.67. The number of hydrogen-bond acceptors (Lipinski definition) is 3. The van der Waals surface area contributed by atoms with Gasteiger partial charge in [-0.05, 0) is 24.3 Å². The standard InChI is InChI=1S/C16H16ClN5O/c17-11-1-4-15-20-12(10-21(15)9-11)7-19-16(23)14-3-2-13-8-18-5-6-22(13)14/h1-4,9-10,18H,5-8H2,(H,19,23). The molecular weight excluding hydrogens is 314 g/mol. The van der Waals surface area contributed by atoms with Gasteiger partial charge in [0.25, 0.3) is 5.91 Å². The predicted molar refractivity (Wildman–Crippen MR) is 87.5 cm³/mol. The Hall–Kier alpha value is -2.31. The molecular formula is C16H16ClN5O. The maximum Gasteiger partial charge on any atom is 0.268 e. The molecule has 0 saturated heterocycles. The fourth-order valence-electron chi connectivity index (χ4n) is 2.90. The summed E-state index contributed by atoms with van der Waals surface area (Å²) >= 11 is 5.96. The molecule has 0 atom stereocenters. The van der Waals surface area contributed by atoms with Crippen molar-refractivity contribution in [3.8, 4) is 0 Å². The van der Waals surface area contributed by atoms with Gasteiger partial charge < -0.3 is 19.6 Å². The summed E-state index contributed by atoms with van der Waals surface area (Å²) in [6, 6.07) is 7.52. The fraction of sp³-hybridized carbons (Fsp3) is 0.250. The lowest BCUT2D eigenvalue weighted by molar-refractivity contribution is 0.0940. The van der Waals surface area contributed by atoms with Gasteiger partial charge in [-0.3, -0.25) is 4.79 Å². The first kappa shape index (κ1) is 14.3. The Bertz CT molecular complexity index is 882. The summed E-state index contributed by atoms with van der Waals surface area (Å²) in [5.41, 5.74) is 3.45. The van der Waals surface area contributed by atoms with Gasteiger partial charge in [-0.2, -0.15) is 0 Å². The van der Waals surface area contributed by atoms with Crippen LogP contribution >= 0.6 is 11.6 Å². The molecule has 0 spiro atoms. The van der Waals surface area contributed by atoms with Crippen molar-refractivity contribution in [1.82, 2.24) is 24.6 Å². The highest BCUT2D eigenvalue weighted by atomic mass is 35.5. The smallest absolute Gasteiger partial charge is 0.268 e. The van der Waals surface area contributed by atoms with Gasteiger partial charge in [0, 0.05) is 37.7 Å². The number of pyridine rings is 1. The molecule has 1 aliphatic heterocycles. The number of carbonyl (C=O) groups is 1. The molecule has 0 radical (unpaired) electrons. The second-order valence-corrected chi connectivity index (χ2v) is 6.00. The number of halogens is 1. The Morgan fingerprint density at radius 1 is 1.30 bits per heavy atom. The van der Waals surface area contributed by atoms with Crippen LogP contribution in [0.25, 0.3) is 5.65 Å². The lowest BCUT2D eigenvalue weighted by atomic mass is 10.3. The van der Waals surface area contributed by atoms with Gasteiger partial charge in [0.1, 0.15) is 11.3 Å². The Morgan fingerprint density at radius 3 is 3.13 bits per heavy atom. The molecule has 1 aliphatic rings. The third kappa shape index (κ3) is 2.71. The molecule has 0 aromatic carbocycles. The van der Waals surface area contributed by atoms with Crippen LogP contribution in [0, 0.1) is 0 Å². The lowest BCUT2D eigenvalue weighted by Gasteiger charge is -2.18. The van der Waals surface area contributed by atoms with E-state index in [9.17, 15) is 4.79 Å². The second kappa shape index (κ2) is 5.72. The maximum atomic E-state index is 12.4. The summed E-state index contributed by atoms with van der Waals surface area (Å²) in [5.74, 6) is -0.0757. The Morgan fingerprint density at radius 2 is 2.22 bits per heavy atom. The molecule has 6 nitrogen and oxygen atoms in total. The van der Waals surface area contributed by atoms with Crippen molar-refractivity contribution < 1.29 is 4.79 Å². The zero-order valence-electron chi connectivity index (χ0n) is 12.4. The van der Waals surface area contributed by atoms with Crippen LogP contribution in [0.2, 0.25) is 5.02 Å². The number of nitrogens with zero attached hydrogens (tertiary/aromatic N) is 3. The number of imidazole rings is 1. The van der Waals surface area contributed by atoms with Crippen molar-refractivity contribution >= 4 is 23.2 Å². The van der Waals surface area contributed by atoms with E-state index < -0.39 is 0 Å². The van der Waals surface area contributed by atoms with Gasteiger partial charge in [-0.25, -0.2) is 4.98 Å². The van der Waals surface area contributed by atoms with E-state index in [2.05, 4.69) is 20.2 Å². The Balaban J connectivity index is 1.49. The number of carbonyl (C=O) groups excluding carboxylic acids is 1. The molecule has 23 heavy (non-hydrogen) atoms. The first-order valence-electron chi connectivity index (χ1n) is 7.51. The SMILES string of the molecule is O=C(NCc1cn2cc(Cl)ccc2n1)c1ccc2n1CCNC2. The molecule has 0 saturated carbocycles. The van der Waals surface area contributed by atoms with Crippen molar-refractivity contribution in [1.29, 1.82) is 0 Å². The Labute approximate surface area is 138 Å². The van der Waals surface area contributed by atoms with Crippen molar-refractivity contribution in [3.63, 3.8) is 0 Å². The molecule has 4 rings (SSSR count). The fourth-order valence-corrected chi connectivity index (χ4v) is 3.07. The average Bonchev–Trinajstić information content (AvgIpc) is 3.15. The minimum absolute atomic E-state index is 0.0757. The monoisotopic (exact) mass is 329 g/mol. The molecule has 0 unspecified atom stereocenters. The molecule has 1 amide bonds. The van der Waals surface area contributed by atoms with Crippen LogP contribution in [-0.4, -0.2) is 26.4 Å². The van der Waals surface area contributed by atoms with Crippen LogP contribution < -0.4 is 10.6 Å². The van der Waals surface area contributed by atoms with Crippen LogP contribution in [-0.2, 0) is 19.6 Å². The average molecular weight is 330 g/mol. The number of rotatable bonds is 3. The third-order valence-corrected chi connectivity index (χ3v) is 4.24. The van der Waals surface area contributed by atoms with Crippen LogP contribution in [0.5, 0.6) is 0 Å². The minimum Gasteiger partial charge on any atom is -0.345 e. The van der Waals surface area contributed by atoms with E-state index in [1.54, 1.807) is 12.3 Å².